The van der Waals surface area contributed by atoms with E-state index in [4.69, 9.17) is 9.84 Å². The summed E-state index contributed by atoms with van der Waals surface area (Å²) >= 11 is 0. The van der Waals surface area contributed by atoms with Crippen LogP contribution in [0.2, 0.25) is 0 Å². The highest BCUT2D eigenvalue weighted by Crippen LogP contribution is 2.38. The molecule has 112 valence electrons. The summed E-state index contributed by atoms with van der Waals surface area (Å²) in [5.74, 6) is -0.549. The summed E-state index contributed by atoms with van der Waals surface area (Å²) in [6.45, 7) is 0.692. The molecule has 1 amide bonds. The highest BCUT2D eigenvalue weighted by atomic mass is 16.5. The molecule has 2 unspecified atom stereocenters. The minimum Gasteiger partial charge on any atom is -0.478 e. The lowest BCUT2D eigenvalue weighted by atomic mass is 10.0. The van der Waals surface area contributed by atoms with Crippen molar-refractivity contribution in [2.75, 3.05) is 6.61 Å². The first kappa shape index (κ1) is 14.1. The van der Waals surface area contributed by atoms with Gasteiger partial charge in [-0.05, 0) is 36.8 Å². The third kappa shape index (κ3) is 3.24. The number of amides is 1. The van der Waals surface area contributed by atoms with E-state index in [1.165, 1.54) is 18.9 Å². The number of ether oxygens (including phenoxy) is 1. The Morgan fingerprint density at radius 1 is 1.24 bits per heavy atom. The summed E-state index contributed by atoms with van der Waals surface area (Å²) in [6.07, 6.45) is 3.44. The van der Waals surface area contributed by atoms with Gasteiger partial charge in [-0.3, -0.25) is 4.79 Å². The van der Waals surface area contributed by atoms with Gasteiger partial charge in [-0.25, -0.2) is 4.79 Å². The van der Waals surface area contributed by atoms with Crippen molar-refractivity contribution in [2.24, 2.45) is 5.92 Å². The number of carboxylic acids is 1. The number of carboxylic acid groups (broad SMARTS) is 1. The Morgan fingerprint density at radius 3 is 2.71 bits per heavy atom. The molecule has 0 radical (unpaired) electrons. The van der Waals surface area contributed by atoms with Gasteiger partial charge in [-0.1, -0.05) is 18.2 Å². The van der Waals surface area contributed by atoms with Gasteiger partial charge in [0.05, 0.1) is 24.1 Å². The Hall–Kier alpha value is -1.88. The molecule has 5 nitrogen and oxygen atoms in total. The predicted molar refractivity (Wildman–Crippen MR) is 76.1 cm³/mol. The normalized spacial score (nSPS) is 24.8. The Kier molecular flexibility index (Phi) is 3.92. The van der Waals surface area contributed by atoms with Crippen molar-refractivity contribution < 1.29 is 19.4 Å². The quantitative estimate of drug-likeness (QED) is 0.863. The van der Waals surface area contributed by atoms with E-state index in [1.54, 1.807) is 18.2 Å². The molecule has 0 spiro atoms. The van der Waals surface area contributed by atoms with Crippen LogP contribution in [-0.4, -0.2) is 35.7 Å². The highest BCUT2D eigenvalue weighted by Gasteiger charge is 2.41. The molecule has 0 aromatic heterocycles. The molecule has 2 fully saturated rings. The molecule has 3 rings (SSSR count). The second kappa shape index (κ2) is 5.85. The summed E-state index contributed by atoms with van der Waals surface area (Å²) in [5.41, 5.74) is 0.735. The van der Waals surface area contributed by atoms with E-state index in [9.17, 15) is 9.59 Å². The first-order valence-electron chi connectivity index (χ1n) is 7.37. The van der Waals surface area contributed by atoms with E-state index >= 15 is 0 Å². The van der Waals surface area contributed by atoms with Crippen LogP contribution in [0.4, 0.5) is 0 Å². The number of hydrogen-bond acceptors (Lipinski definition) is 3. The van der Waals surface area contributed by atoms with Crippen molar-refractivity contribution in [3.63, 3.8) is 0 Å². The summed E-state index contributed by atoms with van der Waals surface area (Å²) in [5, 5.41) is 12.1. The van der Waals surface area contributed by atoms with Gasteiger partial charge in [-0.2, -0.15) is 0 Å². The van der Waals surface area contributed by atoms with Crippen LogP contribution >= 0.6 is 0 Å². The fourth-order valence-corrected chi connectivity index (χ4v) is 2.97. The zero-order chi connectivity index (χ0) is 14.8. The summed E-state index contributed by atoms with van der Waals surface area (Å²) in [4.78, 5) is 23.3. The van der Waals surface area contributed by atoms with Gasteiger partial charge < -0.3 is 15.2 Å². The molecule has 1 aliphatic carbocycles. The zero-order valence-corrected chi connectivity index (χ0v) is 11.7. The van der Waals surface area contributed by atoms with Crippen molar-refractivity contribution in [3.8, 4) is 0 Å². The standard InChI is InChI=1S/C16H19NO4/c18-14(9-11-3-1-2-4-12(11)16(19)20)17-13-7-8-21-15(13)10-5-6-10/h1-4,10,13,15H,5-9H2,(H,17,18)(H,19,20). The average molecular weight is 289 g/mol. The van der Waals surface area contributed by atoms with Gasteiger partial charge in [0.25, 0.3) is 0 Å². The third-order valence-electron chi connectivity index (χ3n) is 4.17. The van der Waals surface area contributed by atoms with E-state index in [1.807, 2.05) is 0 Å². The van der Waals surface area contributed by atoms with Crippen LogP contribution in [0.3, 0.4) is 0 Å². The molecule has 2 N–H and O–H groups in total. The maximum atomic E-state index is 12.2. The smallest absolute Gasteiger partial charge is 0.335 e. The lowest BCUT2D eigenvalue weighted by Crippen LogP contribution is -2.42. The average Bonchev–Trinajstić information content (AvgIpc) is 3.20. The molecule has 1 saturated heterocycles. The molecular formula is C16H19NO4. The lowest BCUT2D eigenvalue weighted by molar-refractivity contribution is -0.121. The van der Waals surface area contributed by atoms with Crippen molar-refractivity contribution in [2.45, 2.75) is 37.8 Å². The number of carbonyl (C=O) groups is 2. The molecule has 2 aliphatic rings. The molecule has 1 aromatic carbocycles. The minimum atomic E-state index is -1.00. The number of hydrogen-bond donors (Lipinski definition) is 2. The SMILES string of the molecule is O=C(Cc1ccccc1C(=O)O)NC1CCOC1C1CC1. The number of carbonyl (C=O) groups excluding carboxylic acids is 1. The molecule has 21 heavy (non-hydrogen) atoms. The van der Waals surface area contributed by atoms with Gasteiger partial charge in [0.2, 0.25) is 5.91 Å². The monoisotopic (exact) mass is 289 g/mol. The van der Waals surface area contributed by atoms with Crippen molar-refractivity contribution >= 4 is 11.9 Å². The molecule has 1 aliphatic heterocycles. The van der Waals surface area contributed by atoms with Crippen molar-refractivity contribution in [1.29, 1.82) is 0 Å². The number of nitrogens with one attached hydrogen (secondary N) is 1. The van der Waals surface area contributed by atoms with Crippen molar-refractivity contribution in [1.82, 2.24) is 5.32 Å². The Bertz CT molecular complexity index is 553. The summed E-state index contributed by atoms with van der Waals surface area (Å²) in [6, 6.07) is 6.70. The Morgan fingerprint density at radius 2 is 2.00 bits per heavy atom. The van der Waals surface area contributed by atoms with Crippen LogP contribution in [-0.2, 0) is 16.0 Å². The van der Waals surface area contributed by atoms with Gasteiger partial charge in [0.1, 0.15) is 0 Å². The number of benzene rings is 1. The van der Waals surface area contributed by atoms with Crippen molar-refractivity contribution in [3.05, 3.63) is 35.4 Å². The molecule has 1 aromatic rings. The Balaban J connectivity index is 1.62. The number of rotatable bonds is 5. The van der Waals surface area contributed by atoms with Crippen LogP contribution in [0.15, 0.2) is 24.3 Å². The molecule has 2 atom stereocenters. The van der Waals surface area contributed by atoms with Gasteiger partial charge in [0, 0.05) is 6.61 Å². The highest BCUT2D eigenvalue weighted by molar-refractivity contribution is 5.91. The second-order valence-electron chi connectivity index (χ2n) is 5.77. The van der Waals surface area contributed by atoms with Crippen LogP contribution in [0.1, 0.15) is 35.2 Å². The van der Waals surface area contributed by atoms with Crippen LogP contribution in [0, 0.1) is 5.92 Å². The first-order chi connectivity index (χ1) is 10.1. The van der Waals surface area contributed by atoms with Gasteiger partial charge in [-0.15, -0.1) is 0 Å². The Labute approximate surface area is 123 Å². The fraction of sp³-hybridized carbons (Fsp3) is 0.500. The fourth-order valence-electron chi connectivity index (χ4n) is 2.97. The van der Waals surface area contributed by atoms with Crippen LogP contribution < -0.4 is 5.32 Å². The van der Waals surface area contributed by atoms with E-state index in [2.05, 4.69) is 5.32 Å². The lowest BCUT2D eigenvalue weighted by Gasteiger charge is -2.19. The molecule has 0 bridgehead atoms. The van der Waals surface area contributed by atoms with E-state index < -0.39 is 5.97 Å². The maximum absolute atomic E-state index is 12.2. The van der Waals surface area contributed by atoms with E-state index in [0.29, 0.717) is 18.1 Å². The molecule has 1 saturated carbocycles. The second-order valence-corrected chi connectivity index (χ2v) is 5.77. The molecule has 1 heterocycles. The first-order valence-corrected chi connectivity index (χ1v) is 7.37. The van der Waals surface area contributed by atoms with E-state index in [-0.39, 0.29) is 30.0 Å². The number of aromatic carboxylic acids is 1. The zero-order valence-electron chi connectivity index (χ0n) is 11.7. The third-order valence-corrected chi connectivity index (χ3v) is 4.17. The van der Waals surface area contributed by atoms with Crippen LogP contribution in [0.25, 0.3) is 0 Å². The molecular weight excluding hydrogens is 270 g/mol. The van der Waals surface area contributed by atoms with Gasteiger partial charge >= 0.3 is 5.97 Å². The van der Waals surface area contributed by atoms with E-state index in [0.717, 1.165) is 6.42 Å². The predicted octanol–water partition coefficient (Wildman–Crippen LogP) is 1.61. The summed E-state index contributed by atoms with van der Waals surface area (Å²) < 4.78 is 5.69. The largest absolute Gasteiger partial charge is 0.478 e. The summed E-state index contributed by atoms with van der Waals surface area (Å²) in [7, 11) is 0. The van der Waals surface area contributed by atoms with Crippen LogP contribution in [0.5, 0.6) is 0 Å². The minimum absolute atomic E-state index is 0.0713. The topological polar surface area (TPSA) is 75.6 Å². The van der Waals surface area contributed by atoms with Gasteiger partial charge in [0.15, 0.2) is 0 Å². The maximum Gasteiger partial charge on any atom is 0.335 e. The molecule has 5 heteroatoms.